The summed E-state index contributed by atoms with van der Waals surface area (Å²) in [5.41, 5.74) is 1.02. The number of rotatable bonds is 3. The zero-order chi connectivity index (χ0) is 14.0. The first-order valence-electron chi connectivity index (χ1n) is 6.55. The molecule has 104 valence electrons. The SMILES string of the molecule is CCc1noc(C)c1C(=O)N1CCCC[C@@H]1C(=O)O. The fourth-order valence-electron chi connectivity index (χ4n) is 2.51. The van der Waals surface area contributed by atoms with Gasteiger partial charge in [0, 0.05) is 6.54 Å². The van der Waals surface area contributed by atoms with E-state index >= 15 is 0 Å². The van der Waals surface area contributed by atoms with E-state index < -0.39 is 12.0 Å². The Morgan fingerprint density at radius 3 is 2.84 bits per heavy atom. The van der Waals surface area contributed by atoms with Gasteiger partial charge in [0.25, 0.3) is 5.91 Å². The summed E-state index contributed by atoms with van der Waals surface area (Å²) in [5.74, 6) is -0.764. The van der Waals surface area contributed by atoms with Crippen LogP contribution in [0.3, 0.4) is 0 Å². The third kappa shape index (κ3) is 2.47. The van der Waals surface area contributed by atoms with Crippen LogP contribution >= 0.6 is 0 Å². The van der Waals surface area contributed by atoms with E-state index in [1.54, 1.807) is 6.92 Å². The number of hydrogen-bond acceptors (Lipinski definition) is 4. The summed E-state index contributed by atoms with van der Waals surface area (Å²) in [6, 6.07) is -0.736. The topological polar surface area (TPSA) is 83.6 Å². The number of aliphatic carboxylic acids is 1. The Labute approximate surface area is 111 Å². The van der Waals surface area contributed by atoms with Crippen molar-refractivity contribution in [1.82, 2.24) is 10.1 Å². The van der Waals surface area contributed by atoms with E-state index in [2.05, 4.69) is 5.16 Å². The number of aryl methyl sites for hydroxylation is 2. The molecule has 1 aromatic heterocycles. The van der Waals surface area contributed by atoms with Crippen LogP contribution in [0.25, 0.3) is 0 Å². The maximum atomic E-state index is 12.5. The molecule has 6 nitrogen and oxygen atoms in total. The minimum Gasteiger partial charge on any atom is -0.480 e. The van der Waals surface area contributed by atoms with Crippen LogP contribution in [0.5, 0.6) is 0 Å². The van der Waals surface area contributed by atoms with Gasteiger partial charge in [-0.3, -0.25) is 4.79 Å². The molecule has 0 unspecified atom stereocenters. The summed E-state index contributed by atoms with van der Waals surface area (Å²) in [6.07, 6.45) is 2.77. The molecule has 19 heavy (non-hydrogen) atoms. The largest absolute Gasteiger partial charge is 0.480 e. The van der Waals surface area contributed by atoms with Crippen molar-refractivity contribution in [3.05, 3.63) is 17.0 Å². The Balaban J connectivity index is 2.31. The summed E-state index contributed by atoms with van der Waals surface area (Å²) < 4.78 is 5.05. The van der Waals surface area contributed by atoms with Crippen LogP contribution in [0.4, 0.5) is 0 Å². The lowest BCUT2D eigenvalue weighted by Crippen LogP contribution is -2.48. The van der Waals surface area contributed by atoms with Gasteiger partial charge in [0.15, 0.2) is 0 Å². The average molecular weight is 266 g/mol. The smallest absolute Gasteiger partial charge is 0.326 e. The number of carbonyl (C=O) groups is 2. The molecular formula is C13H18N2O4. The number of carboxylic acid groups (broad SMARTS) is 1. The normalized spacial score (nSPS) is 19.5. The van der Waals surface area contributed by atoms with Gasteiger partial charge < -0.3 is 14.5 Å². The molecule has 1 atom stereocenters. The maximum absolute atomic E-state index is 12.5. The van der Waals surface area contributed by atoms with Crippen molar-refractivity contribution in [2.75, 3.05) is 6.54 Å². The van der Waals surface area contributed by atoms with Crippen molar-refractivity contribution in [2.45, 2.75) is 45.6 Å². The van der Waals surface area contributed by atoms with E-state index in [1.165, 1.54) is 4.90 Å². The van der Waals surface area contributed by atoms with E-state index in [9.17, 15) is 14.7 Å². The quantitative estimate of drug-likeness (QED) is 0.898. The molecule has 1 aliphatic rings. The second-order valence-corrected chi connectivity index (χ2v) is 4.76. The number of hydrogen-bond donors (Lipinski definition) is 1. The number of nitrogens with zero attached hydrogens (tertiary/aromatic N) is 2. The third-order valence-corrected chi connectivity index (χ3v) is 3.53. The van der Waals surface area contributed by atoms with Crippen LogP contribution < -0.4 is 0 Å². The second kappa shape index (κ2) is 5.42. The van der Waals surface area contributed by atoms with E-state index in [4.69, 9.17) is 4.52 Å². The van der Waals surface area contributed by atoms with E-state index in [-0.39, 0.29) is 5.91 Å². The molecule has 0 radical (unpaired) electrons. The van der Waals surface area contributed by atoms with Crippen molar-refractivity contribution in [2.24, 2.45) is 0 Å². The zero-order valence-electron chi connectivity index (χ0n) is 11.2. The number of likely N-dealkylation sites (tertiary alicyclic amines) is 1. The monoisotopic (exact) mass is 266 g/mol. The molecule has 0 spiro atoms. The molecule has 1 amide bonds. The fourth-order valence-corrected chi connectivity index (χ4v) is 2.51. The number of piperidine rings is 1. The van der Waals surface area contributed by atoms with Gasteiger partial charge in [0.2, 0.25) is 0 Å². The van der Waals surface area contributed by atoms with Gasteiger partial charge in [-0.1, -0.05) is 12.1 Å². The summed E-state index contributed by atoms with van der Waals surface area (Å²) in [6.45, 7) is 4.04. The highest BCUT2D eigenvalue weighted by atomic mass is 16.5. The number of carbonyl (C=O) groups excluding carboxylic acids is 1. The van der Waals surface area contributed by atoms with E-state index in [0.717, 1.165) is 12.8 Å². The molecule has 1 aromatic rings. The molecule has 1 N–H and O–H groups in total. The molecule has 1 saturated heterocycles. The number of carboxylic acids is 1. The maximum Gasteiger partial charge on any atom is 0.326 e. The van der Waals surface area contributed by atoms with E-state index in [0.29, 0.717) is 36.4 Å². The van der Waals surface area contributed by atoms with Crippen LogP contribution in [0.1, 0.15) is 48.0 Å². The van der Waals surface area contributed by atoms with Crippen LogP contribution in [0.15, 0.2) is 4.52 Å². The highest BCUT2D eigenvalue weighted by molar-refractivity contribution is 5.98. The van der Waals surface area contributed by atoms with Crippen molar-refractivity contribution >= 4 is 11.9 Å². The average Bonchev–Trinajstić information content (AvgIpc) is 2.79. The van der Waals surface area contributed by atoms with Gasteiger partial charge in [0.05, 0.1) is 5.69 Å². The predicted molar refractivity (Wildman–Crippen MR) is 66.9 cm³/mol. The van der Waals surface area contributed by atoms with Crippen LogP contribution in [-0.2, 0) is 11.2 Å². The molecule has 0 aromatic carbocycles. The van der Waals surface area contributed by atoms with Gasteiger partial charge in [-0.25, -0.2) is 4.79 Å². The Morgan fingerprint density at radius 2 is 2.21 bits per heavy atom. The first kappa shape index (κ1) is 13.6. The lowest BCUT2D eigenvalue weighted by molar-refractivity contribution is -0.143. The summed E-state index contributed by atoms with van der Waals surface area (Å²) >= 11 is 0. The Morgan fingerprint density at radius 1 is 1.47 bits per heavy atom. The lowest BCUT2D eigenvalue weighted by atomic mass is 10.00. The second-order valence-electron chi connectivity index (χ2n) is 4.76. The third-order valence-electron chi connectivity index (χ3n) is 3.53. The molecular weight excluding hydrogens is 248 g/mol. The highest BCUT2D eigenvalue weighted by Gasteiger charge is 2.35. The van der Waals surface area contributed by atoms with Crippen molar-refractivity contribution < 1.29 is 19.2 Å². The standard InChI is InChI=1S/C13H18N2O4/c1-3-9-11(8(2)19-14-9)12(16)15-7-5-4-6-10(15)13(17)18/h10H,3-7H2,1-2H3,(H,17,18)/t10-/m1/s1. The highest BCUT2D eigenvalue weighted by Crippen LogP contribution is 2.23. The van der Waals surface area contributed by atoms with E-state index in [1.807, 2.05) is 6.92 Å². The fraction of sp³-hybridized carbons (Fsp3) is 0.615. The number of amides is 1. The van der Waals surface area contributed by atoms with Crippen molar-refractivity contribution in [3.63, 3.8) is 0 Å². The van der Waals surface area contributed by atoms with Crippen LogP contribution in [0.2, 0.25) is 0 Å². The molecule has 1 fully saturated rings. The van der Waals surface area contributed by atoms with Gasteiger partial charge in [0.1, 0.15) is 17.4 Å². The van der Waals surface area contributed by atoms with Crippen molar-refractivity contribution in [1.29, 1.82) is 0 Å². The summed E-state index contributed by atoms with van der Waals surface area (Å²) in [5, 5.41) is 13.1. The first-order chi connectivity index (χ1) is 9.06. The summed E-state index contributed by atoms with van der Waals surface area (Å²) in [7, 11) is 0. The minimum absolute atomic E-state index is 0.275. The molecule has 2 rings (SSSR count). The van der Waals surface area contributed by atoms with Gasteiger partial charge >= 0.3 is 5.97 Å². The van der Waals surface area contributed by atoms with Crippen LogP contribution in [0, 0.1) is 6.92 Å². The first-order valence-corrected chi connectivity index (χ1v) is 6.55. The minimum atomic E-state index is -0.944. The summed E-state index contributed by atoms with van der Waals surface area (Å²) in [4.78, 5) is 25.2. The molecule has 6 heteroatoms. The predicted octanol–water partition coefficient (Wildman–Crippen LogP) is 1.62. The number of aromatic nitrogens is 1. The van der Waals surface area contributed by atoms with Gasteiger partial charge in [-0.2, -0.15) is 0 Å². The Bertz CT molecular complexity index is 495. The lowest BCUT2D eigenvalue weighted by Gasteiger charge is -2.32. The molecule has 2 heterocycles. The Kier molecular flexibility index (Phi) is 3.87. The Hall–Kier alpha value is -1.85. The molecule has 0 bridgehead atoms. The zero-order valence-corrected chi connectivity index (χ0v) is 11.2. The molecule has 0 aliphatic carbocycles. The van der Waals surface area contributed by atoms with Crippen LogP contribution in [-0.4, -0.2) is 39.6 Å². The van der Waals surface area contributed by atoms with Gasteiger partial charge in [-0.05, 0) is 32.6 Å². The molecule has 0 saturated carbocycles. The molecule has 1 aliphatic heterocycles. The van der Waals surface area contributed by atoms with Crippen molar-refractivity contribution in [3.8, 4) is 0 Å². The van der Waals surface area contributed by atoms with Gasteiger partial charge in [-0.15, -0.1) is 0 Å².